The first-order valence-corrected chi connectivity index (χ1v) is 11.7. The van der Waals surface area contributed by atoms with Crippen LogP contribution in [0, 0.1) is 18.6 Å². The molecule has 0 aromatic heterocycles. The number of sulfonamides is 2. The summed E-state index contributed by atoms with van der Waals surface area (Å²) >= 11 is 0. The molecule has 0 saturated carbocycles. The van der Waals surface area contributed by atoms with E-state index in [1.165, 1.54) is 25.3 Å². The van der Waals surface area contributed by atoms with E-state index in [9.17, 15) is 25.6 Å². The predicted octanol–water partition coefficient (Wildman–Crippen LogP) is 3.88. The van der Waals surface area contributed by atoms with Crippen molar-refractivity contribution >= 4 is 31.4 Å². The summed E-state index contributed by atoms with van der Waals surface area (Å²) in [6, 6.07) is 12.4. The number of para-hydroxylation sites is 2. The zero-order valence-electron chi connectivity index (χ0n) is 16.4. The third kappa shape index (κ3) is 4.94. The monoisotopic (exact) mass is 468 g/mol. The van der Waals surface area contributed by atoms with Crippen molar-refractivity contribution in [1.29, 1.82) is 0 Å². The van der Waals surface area contributed by atoms with Crippen molar-refractivity contribution in [2.75, 3.05) is 16.6 Å². The highest BCUT2D eigenvalue weighted by molar-refractivity contribution is 7.93. The van der Waals surface area contributed by atoms with Crippen molar-refractivity contribution in [2.24, 2.45) is 0 Å². The number of ether oxygens (including phenoxy) is 1. The summed E-state index contributed by atoms with van der Waals surface area (Å²) in [5.41, 5.74) is 0.492. The maximum absolute atomic E-state index is 13.4. The third-order valence-corrected chi connectivity index (χ3v) is 7.17. The molecule has 0 saturated heterocycles. The van der Waals surface area contributed by atoms with Crippen LogP contribution in [-0.4, -0.2) is 23.9 Å². The minimum absolute atomic E-state index is 0.0734. The number of hydrogen-bond donors (Lipinski definition) is 2. The van der Waals surface area contributed by atoms with Gasteiger partial charge in [-0.3, -0.25) is 9.44 Å². The molecule has 0 radical (unpaired) electrons. The first kappa shape index (κ1) is 22.5. The number of rotatable bonds is 7. The molecule has 2 N–H and O–H groups in total. The van der Waals surface area contributed by atoms with Crippen molar-refractivity contribution in [3.8, 4) is 5.75 Å². The predicted molar refractivity (Wildman–Crippen MR) is 112 cm³/mol. The van der Waals surface area contributed by atoms with Crippen LogP contribution in [0.3, 0.4) is 0 Å². The molecule has 31 heavy (non-hydrogen) atoms. The van der Waals surface area contributed by atoms with Gasteiger partial charge in [0.15, 0.2) is 11.6 Å². The average molecular weight is 469 g/mol. The van der Waals surface area contributed by atoms with Crippen LogP contribution >= 0.6 is 0 Å². The molecule has 0 spiro atoms. The van der Waals surface area contributed by atoms with E-state index in [4.69, 9.17) is 4.74 Å². The highest BCUT2D eigenvalue weighted by atomic mass is 32.2. The number of benzene rings is 3. The fourth-order valence-corrected chi connectivity index (χ4v) is 5.14. The van der Waals surface area contributed by atoms with Gasteiger partial charge in [-0.25, -0.2) is 25.6 Å². The van der Waals surface area contributed by atoms with Gasteiger partial charge in [-0.15, -0.1) is 0 Å². The van der Waals surface area contributed by atoms with Gasteiger partial charge >= 0.3 is 0 Å². The number of anilines is 2. The summed E-state index contributed by atoms with van der Waals surface area (Å²) < 4.78 is 87.1. The zero-order chi connectivity index (χ0) is 22.8. The quantitative estimate of drug-likeness (QED) is 0.548. The van der Waals surface area contributed by atoms with Gasteiger partial charge < -0.3 is 4.74 Å². The molecule has 0 atom stereocenters. The average Bonchev–Trinajstić information content (AvgIpc) is 2.71. The smallest absolute Gasteiger partial charge is 0.262 e. The Bertz CT molecular complexity index is 1340. The lowest BCUT2D eigenvalue weighted by Crippen LogP contribution is -2.17. The molecule has 3 aromatic carbocycles. The van der Waals surface area contributed by atoms with E-state index in [1.54, 1.807) is 25.1 Å². The van der Waals surface area contributed by atoms with Crippen LogP contribution in [0.15, 0.2) is 70.5 Å². The third-order valence-electron chi connectivity index (χ3n) is 4.28. The Hall–Kier alpha value is -3.18. The molecule has 7 nitrogen and oxygen atoms in total. The van der Waals surface area contributed by atoms with Crippen molar-refractivity contribution in [2.45, 2.75) is 16.7 Å². The standard InChI is InChI=1S/C20H18F2N2O5S2/c1-13-7-8-14(23-30(25,26)15-9-10-16(21)17(22)12-15)11-20(13)31(27,28)24-18-5-3-4-6-19(18)29-2/h3-12,23-24H,1-2H3. The largest absolute Gasteiger partial charge is 0.495 e. The van der Waals surface area contributed by atoms with E-state index >= 15 is 0 Å². The molecule has 0 amide bonds. The van der Waals surface area contributed by atoms with E-state index in [2.05, 4.69) is 9.44 Å². The van der Waals surface area contributed by atoms with Gasteiger partial charge in [-0.1, -0.05) is 18.2 Å². The van der Waals surface area contributed by atoms with Gasteiger partial charge in [0.1, 0.15) is 5.75 Å². The lowest BCUT2D eigenvalue weighted by molar-refractivity contribution is 0.417. The van der Waals surface area contributed by atoms with E-state index in [1.807, 2.05) is 0 Å². The molecule has 3 rings (SSSR count). The summed E-state index contributed by atoms with van der Waals surface area (Å²) in [5, 5.41) is 0. The van der Waals surface area contributed by atoms with Crippen molar-refractivity contribution in [1.82, 2.24) is 0 Å². The van der Waals surface area contributed by atoms with Gasteiger partial charge in [0.05, 0.1) is 28.3 Å². The summed E-state index contributed by atoms with van der Waals surface area (Å²) in [6.07, 6.45) is 0. The minimum atomic E-state index is -4.29. The number of halogens is 2. The molecule has 3 aromatic rings. The Morgan fingerprint density at radius 2 is 1.52 bits per heavy atom. The molecule has 0 aliphatic carbocycles. The number of aryl methyl sites for hydroxylation is 1. The SMILES string of the molecule is COc1ccccc1NS(=O)(=O)c1cc(NS(=O)(=O)c2ccc(F)c(F)c2)ccc1C. The first-order valence-electron chi connectivity index (χ1n) is 8.78. The summed E-state index contributed by atoms with van der Waals surface area (Å²) in [4.78, 5) is -0.688. The molecule has 0 aliphatic heterocycles. The van der Waals surface area contributed by atoms with Crippen LogP contribution in [0.25, 0.3) is 0 Å². The molecular formula is C20H18F2N2O5S2. The molecule has 11 heteroatoms. The Morgan fingerprint density at radius 3 is 2.19 bits per heavy atom. The summed E-state index contributed by atoms with van der Waals surface area (Å²) in [5.74, 6) is -2.21. The van der Waals surface area contributed by atoms with E-state index in [-0.39, 0.29) is 16.3 Å². The van der Waals surface area contributed by atoms with Crippen LogP contribution in [0.1, 0.15) is 5.56 Å². The first-order chi connectivity index (χ1) is 14.5. The van der Waals surface area contributed by atoms with Crippen LogP contribution in [0.5, 0.6) is 5.75 Å². The maximum atomic E-state index is 13.4. The molecule has 0 aliphatic rings. The van der Waals surface area contributed by atoms with E-state index in [0.29, 0.717) is 23.4 Å². The van der Waals surface area contributed by atoms with Gasteiger partial charge in [-0.2, -0.15) is 0 Å². The normalized spacial score (nSPS) is 11.7. The fraction of sp³-hybridized carbons (Fsp3) is 0.100. The van der Waals surface area contributed by atoms with Crippen LogP contribution in [0.2, 0.25) is 0 Å². The molecule has 0 fully saturated rings. The van der Waals surface area contributed by atoms with Crippen molar-refractivity contribution in [3.63, 3.8) is 0 Å². The van der Waals surface area contributed by atoms with Gasteiger partial charge in [-0.05, 0) is 55.0 Å². The summed E-state index contributed by atoms with van der Waals surface area (Å²) in [7, 11) is -7.00. The van der Waals surface area contributed by atoms with E-state index < -0.39 is 36.6 Å². The Kier molecular flexibility index (Phi) is 6.18. The topological polar surface area (TPSA) is 102 Å². The molecule has 0 bridgehead atoms. The lowest BCUT2D eigenvalue weighted by atomic mass is 10.2. The number of methoxy groups -OCH3 is 1. The number of hydrogen-bond acceptors (Lipinski definition) is 5. The van der Waals surface area contributed by atoms with Gasteiger partial charge in [0.25, 0.3) is 20.0 Å². The Labute approximate surface area is 178 Å². The molecule has 0 unspecified atom stereocenters. The Morgan fingerprint density at radius 1 is 0.806 bits per heavy atom. The van der Waals surface area contributed by atoms with Crippen LogP contribution in [-0.2, 0) is 20.0 Å². The highest BCUT2D eigenvalue weighted by Crippen LogP contribution is 2.29. The van der Waals surface area contributed by atoms with Crippen LogP contribution < -0.4 is 14.2 Å². The van der Waals surface area contributed by atoms with Gasteiger partial charge in [0.2, 0.25) is 0 Å². The molecule has 164 valence electrons. The number of nitrogens with one attached hydrogen (secondary N) is 2. The zero-order valence-corrected chi connectivity index (χ0v) is 18.0. The molecule has 0 heterocycles. The fourth-order valence-electron chi connectivity index (χ4n) is 2.74. The van der Waals surface area contributed by atoms with Crippen LogP contribution in [0.4, 0.5) is 20.2 Å². The molecular weight excluding hydrogens is 450 g/mol. The Balaban J connectivity index is 1.95. The highest BCUT2D eigenvalue weighted by Gasteiger charge is 2.22. The second kappa shape index (κ2) is 8.52. The second-order valence-electron chi connectivity index (χ2n) is 6.47. The summed E-state index contributed by atoms with van der Waals surface area (Å²) in [6.45, 7) is 1.55. The minimum Gasteiger partial charge on any atom is -0.495 e. The van der Waals surface area contributed by atoms with Gasteiger partial charge in [0, 0.05) is 0 Å². The van der Waals surface area contributed by atoms with Crippen molar-refractivity contribution < 1.29 is 30.4 Å². The second-order valence-corrected chi connectivity index (χ2v) is 9.80. The van der Waals surface area contributed by atoms with E-state index in [0.717, 1.165) is 12.1 Å². The lowest BCUT2D eigenvalue weighted by Gasteiger charge is -2.15. The maximum Gasteiger partial charge on any atom is 0.262 e. The van der Waals surface area contributed by atoms with Crippen molar-refractivity contribution in [3.05, 3.63) is 77.9 Å².